The van der Waals surface area contributed by atoms with E-state index in [9.17, 15) is 8.78 Å². The van der Waals surface area contributed by atoms with Gasteiger partial charge in [0.2, 0.25) is 0 Å². The van der Waals surface area contributed by atoms with Crippen LogP contribution in [0.25, 0.3) is 0 Å². The van der Waals surface area contributed by atoms with Crippen molar-refractivity contribution in [3.05, 3.63) is 29.3 Å². The van der Waals surface area contributed by atoms with Gasteiger partial charge in [0.15, 0.2) is 11.6 Å². The summed E-state index contributed by atoms with van der Waals surface area (Å²) in [6, 6.07) is 4.61. The third-order valence-electron chi connectivity index (χ3n) is 3.97. The van der Waals surface area contributed by atoms with Crippen molar-refractivity contribution in [3.8, 4) is 6.07 Å². The molecule has 1 aliphatic heterocycles. The molecule has 1 aromatic rings. The van der Waals surface area contributed by atoms with Crippen LogP contribution in [0.4, 0.5) is 14.5 Å². The van der Waals surface area contributed by atoms with Gasteiger partial charge in [0.25, 0.3) is 0 Å². The zero-order valence-corrected chi connectivity index (χ0v) is 10.4. The lowest BCUT2D eigenvalue weighted by atomic mass is 10.1. The van der Waals surface area contributed by atoms with Crippen molar-refractivity contribution in [1.29, 1.82) is 5.26 Å². The molecule has 3 rings (SSSR count). The Bertz CT molecular complexity index is 541. The molecule has 19 heavy (non-hydrogen) atoms. The van der Waals surface area contributed by atoms with Gasteiger partial charge in [0.1, 0.15) is 6.07 Å². The summed E-state index contributed by atoms with van der Waals surface area (Å²) >= 11 is 0. The maximum absolute atomic E-state index is 14.1. The molecule has 2 unspecified atom stereocenters. The molecule has 0 aromatic heterocycles. The van der Waals surface area contributed by atoms with Crippen LogP contribution in [0.5, 0.6) is 0 Å². The monoisotopic (exact) mass is 264 g/mol. The van der Waals surface area contributed by atoms with Gasteiger partial charge in [0.05, 0.1) is 30.0 Å². The van der Waals surface area contributed by atoms with Crippen LogP contribution in [-0.4, -0.2) is 25.3 Å². The number of benzene rings is 1. The van der Waals surface area contributed by atoms with Crippen LogP contribution in [0.1, 0.15) is 24.8 Å². The standard InChI is InChI=1S/C14H14F2N2O/c15-13-9(8-17)4-5-11(14(13)16)18-6-7-19-12-3-1-2-10(12)18/h4-5,10,12H,1-3,6-7H2. The van der Waals surface area contributed by atoms with Crippen LogP contribution in [0.2, 0.25) is 0 Å². The van der Waals surface area contributed by atoms with Crippen LogP contribution < -0.4 is 4.90 Å². The number of morpholine rings is 1. The summed E-state index contributed by atoms with van der Waals surface area (Å²) in [6.45, 7) is 1.09. The summed E-state index contributed by atoms with van der Waals surface area (Å²) in [5.74, 6) is -1.98. The highest BCUT2D eigenvalue weighted by Gasteiger charge is 2.37. The average Bonchev–Trinajstić information content (AvgIpc) is 2.90. The Morgan fingerprint density at radius 3 is 2.89 bits per heavy atom. The van der Waals surface area contributed by atoms with Crippen molar-refractivity contribution >= 4 is 5.69 Å². The Hall–Kier alpha value is -1.67. The third kappa shape index (κ3) is 1.96. The molecule has 1 saturated carbocycles. The summed E-state index contributed by atoms with van der Waals surface area (Å²) in [5, 5.41) is 8.70. The molecule has 0 amide bonds. The number of halogens is 2. The van der Waals surface area contributed by atoms with Crippen molar-refractivity contribution in [2.75, 3.05) is 18.1 Å². The SMILES string of the molecule is N#Cc1ccc(N2CCOC3CCCC32)c(F)c1F. The van der Waals surface area contributed by atoms with Gasteiger partial charge < -0.3 is 9.64 Å². The van der Waals surface area contributed by atoms with Gasteiger partial charge in [-0.2, -0.15) is 5.26 Å². The molecular weight excluding hydrogens is 250 g/mol. The van der Waals surface area contributed by atoms with Gasteiger partial charge in [-0.3, -0.25) is 0 Å². The van der Waals surface area contributed by atoms with E-state index in [4.69, 9.17) is 10.00 Å². The molecule has 1 aliphatic carbocycles. The normalized spacial score (nSPS) is 26.1. The van der Waals surface area contributed by atoms with E-state index in [1.165, 1.54) is 12.1 Å². The molecule has 1 heterocycles. The molecule has 3 nitrogen and oxygen atoms in total. The summed E-state index contributed by atoms with van der Waals surface area (Å²) in [5.41, 5.74) is -0.00539. The molecule has 0 spiro atoms. The Morgan fingerprint density at radius 1 is 1.26 bits per heavy atom. The summed E-state index contributed by atoms with van der Waals surface area (Å²) in [7, 11) is 0. The molecule has 5 heteroatoms. The van der Waals surface area contributed by atoms with E-state index >= 15 is 0 Å². The Balaban J connectivity index is 1.98. The highest BCUT2D eigenvalue weighted by molar-refractivity contribution is 5.53. The first-order valence-electron chi connectivity index (χ1n) is 6.48. The fraction of sp³-hybridized carbons (Fsp3) is 0.500. The van der Waals surface area contributed by atoms with E-state index in [0.29, 0.717) is 13.2 Å². The van der Waals surface area contributed by atoms with Crippen LogP contribution >= 0.6 is 0 Å². The van der Waals surface area contributed by atoms with E-state index in [0.717, 1.165) is 19.3 Å². The lowest BCUT2D eigenvalue weighted by Gasteiger charge is -2.39. The molecular formula is C14H14F2N2O. The highest BCUT2D eigenvalue weighted by Crippen LogP contribution is 2.35. The fourth-order valence-electron chi connectivity index (χ4n) is 3.07. The first-order chi connectivity index (χ1) is 9.22. The number of hydrogen-bond donors (Lipinski definition) is 0. The minimum Gasteiger partial charge on any atom is -0.374 e. The number of ether oxygens (including phenoxy) is 1. The number of nitrogens with zero attached hydrogens (tertiary/aromatic N) is 2. The summed E-state index contributed by atoms with van der Waals surface area (Å²) < 4.78 is 33.4. The highest BCUT2D eigenvalue weighted by atomic mass is 19.2. The van der Waals surface area contributed by atoms with Crippen molar-refractivity contribution < 1.29 is 13.5 Å². The van der Waals surface area contributed by atoms with E-state index in [1.54, 1.807) is 6.07 Å². The van der Waals surface area contributed by atoms with Gasteiger partial charge in [-0.1, -0.05) is 0 Å². The zero-order valence-electron chi connectivity index (χ0n) is 10.4. The topological polar surface area (TPSA) is 36.3 Å². The lowest BCUT2D eigenvalue weighted by Crippen LogP contribution is -2.49. The Labute approximate surface area is 110 Å². The average molecular weight is 264 g/mol. The quantitative estimate of drug-likeness (QED) is 0.782. The second-order valence-electron chi connectivity index (χ2n) is 4.97. The Kier molecular flexibility index (Phi) is 3.11. The molecule has 2 atom stereocenters. The van der Waals surface area contributed by atoms with Crippen LogP contribution in [0.3, 0.4) is 0 Å². The van der Waals surface area contributed by atoms with Gasteiger partial charge in [0, 0.05) is 6.54 Å². The minimum atomic E-state index is -1.05. The smallest absolute Gasteiger partial charge is 0.183 e. The van der Waals surface area contributed by atoms with Crippen LogP contribution in [-0.2, 0) is 4.74 Å². The number of rotatable bonds is 1. The molecule has 1 saturated heterocycles. The molecule has 0 N–H and O–H groups in total. The van der Waals surface area contributed by atoms with Gasteiger partial charge in [-0.15, -0.1) is 0 Å². The van der Waals surface area contributed by atoms with Crippen molar-refractivity contribution in [3.63, 3.8) is 0 Å². The predicted octanol–water partition coefficient (Wildman–Crippen LogP) is 2.59. The second kappa shape index (κ2) is 4.78. The van der Waals surface area contributed by atoms with E-state index in [1.807, 2.05) is 4.90 Å². The minimum absolute atomic E-state index is 0.117. The molecule has 2 aliphatic rings. The molecule has 2 fully saturated rings. The molecule has 1 aromatic carbocycles. The maximum Gasteiger partial charge on any atom is 0.183 e. The van der Waals surface area contributed by atoms with Crippen LogP contribution in [0.15, 0.2) is 12.1 Å². The predicted molar refractivity (Wildman–Crippen MR) is 65.8 cm³/mol. The summed E-state index contributed by atoms with van der Waals surface area (Å²) in [4.78, 5) is 1.89. The maximum atomic E-state index is 14.1. The van der Waals surface area contributed by atoms with E-state index in [2.05, 4.69) is 0 Å². The molecule has 0 radical (unpaired) electrons. The van der Waals surface area contributed by atoms with E-state index < -0.39 is 11.6 Å². The third-order valence-corrected chi connectivity index (χ3v) is 3.97. The number of anilines is 1. The molecule has 100 valence electrons. The van der Waals surface area contributed by atoms with Crippen molar-refractivity contribution in [2.45, 2.75) is 31.4 Å². The van der Waals surface area contributed by atoms with Gasteiger partial charge in [-0.25, -0.2) is 8.78 Å². The van der Waals surface area contributed by atoms with E-state index in [-0.39, 0.29) is 23.4 Å². The number of fused-ring (bicyclic) bond motifs is 1. The first kappa shape index (κ1) is 12.4. The zero-order chi connectivity index (χ0) is 13.4. The fourth-order valence-corrected chi connectivity index (χ4v) is 3.07. The Morgan fingerprint density at radius 2 is 2.11 bits per heavy atom. The summed E-state index contributed by atoms with van der Waals surface area (Å²) in [6.07, 6.45) is 3.08. The van der Waals surface area contributed by atoms with Crippen LogP contribution in [0, 0.1) is 23.0 Å². The van der Waals surface area contributed by atoms with Gasteiger partial charge >= 0.3 is 0 Å². The van der Waals surface area contributed by atoms with Crippen molar-refractivity contribution in [2.24, 2.45) is 0 Å². The second-order valence-corrected chi connectivity index (χ2v) is 4.97. The lowest BCUT2D eigenvalue weighted by molar-refractivity contribution is 0.0253. The number of hydrogen-bond acceptors (Lipinski definition) is 3. The first-order valence-corrected chi connectivity index (χ1v) is 6.48. The number of nitriles is 1. The largest absolute Gasteiger partial charge is 0.374 e. The molecule has 0 bridgehead atoms. The van der Waals surface area contributed by atoms with Gasteiger partial charge in [-0.05, 0) is 31.4 Å². The van der Waals surface area contributed by atoms with Crippen molar-refractivity contribution in [1.82, 2.24) is 0 Å².